The molecule has 1 aromatic heterocycles. The van der Waals surface area contributed by atoms with Crippen LogP contribution in [-0.2, 0) is 11.3 Å². The van der Waals surface area contributed by atoms with Crippen LogP contribution in [0.15, 0.2) is 53.9 Å². The Kier molecular flexibility index (Phi) is 3.78. The maximum atomic E-state index is 12.9. The Hall–Kier alpha value is -2.66. The summed E-state index contributed by atoms with van der Waals surface area (Å²) in [4.78, 5) is 17.3. The SMILES string of the molecule is Cc1nc(CNC(=O)C2c3ccccc3Oc3ccccc32)cs1. The number of hydrogen-bond donors (Lipinski definition) is 1. The Morgan fingerprint density at radius 1 is 1.12 bits per heavy atom. The number of aryl methyl sites for hydroxylation is 1. The summed E-state index contributed by atoms with van der Waals surface area (Å²) >= 11 is 1.59. The number of thiazole rings is 1. The lowest BCUT2D eigenvalue weighted by Gasteiger charge is -2.27. The average molecular weight is 336 g/mol. The van der Waals surface area contributed by atoms with E-state index in [4.69, 9.17) is 4.74 Å². The van der Waals surface area contributed by atoms with E-state index in [-0.39, 0.29) is 11.8 Å². The Morgan fingerprint density at radius 3 is 2.33 bits per heavy atom. The van der Waals surface area contributed by atoms with Crippen LogP contribution in [0.3, 0.4) is 0 Å². The molecule has 0 fully saturated rings. The van der Waals surface area contributed by atoms with Crippen molar-refractivity contribution in [2.24, 2.45) is 0 Å². The normalized spacial score (nSPS) is 12.9. The fourth-order valence-electron chi connectivity index (χ4n) is 2.96. The lowest BCUT2D eigenvalue weighted by Crippen LogP contribution is -2.31. The van der Waals surface area contributed by atoms with Crippen LogP contribution < -0.4 is 10.1 Å². The average Bonchev–Trinajstić information content (AvgIpc) is 3.03. The molecule has 4 rings (SSSR count). The molecule has 0 bridgehead atoms. The number of fused-ring (bicyclic) bond motifs is 2. The molecule has 4 nitrogen and oxygen atoms in total. The second-order valence-electron chi connectivity index (χ2n) is 5.69. The number of nitrogens with zero attached hydrogens (tertiary/aromatic N) is 1. The van der Waals surface area contributed by atoms with E-state index in [1.165, 1.54) is 0 Å². The molecular weight excluding hydrogens is 320 g/mol. The van der Waals surface area contributed by atoms with E-state index in [2.05, 4.69) is 10.3 Å². The van der Waals surface area contributed by atoms with Crippen molar-refractivity contribution in [2.75, 3.05) is 0 Å². The summed E-state index contributed by atoms with van der Waals surface area (Å²) in [6.07, 6.45) is 0. The number of ether oxygens (including phenoxy) is 1. The minimum Gasteiger partial charge on any atom is -0.457 e. The highest BCUT2D eigenvalue weighted by Gasteiger charge is 2.32. The molecule has 1 aliphatic rings. The Bertz CT molecular complexity index is 858. The van der Waals surface area contributed by atoms with Gasteiger partial charge < -0.3 is 10.1 Å². The number of amides is 1. The van der Waals surface area contributed by atoms with Gasteiger partial charge in [0.25, 0.3) is 0 Å². The molecule has 1 amide bonds. The zero-order chi connectivity index (χ0) is 16.5. The van der Waals surface area contributed by atoms with Gasteiger partial charge >= 0.3 is 0 Å². The fourth-order valence-corrected chi connectivity index (χ4v) is 3.57. The quantitative estimate of drug-likeness (QED) is 0.786. The number of benzene rings is 2. The highest BCUT2D eigenvalue weighted by molar-refractivity contribution is 7.09. The third-order valence-corrected chi connectivity index (χ3v) is 4.87. The zero-order valence-electron chi connectivity index (χ0n) is 13.2. The molecule has 0 aliphatic carbocycles. The van der Waals surface area contributed by atoms with Gasteiger partial charge in [-0.15, -0.1) is 11.3 Å². The van der Waals surface area contributed by atoms with Gasteiger partial charge in [0.15, 0.2) is 0 Å². The zero-order valence-corrected chi connectivity index (χ0v) is 14.0. The standard InChI is InChI=1S/C19H16N2O2S/c1-12-21-13(11-24-12)10-20-19(22)18-14-6-2-4-8-16(14)23-17-9-5-3-7-15(17)18/h2-9,11,18H,10H2,1H3,(H,20,22). The molecule has 1 aliphatic heterocycles. The molecule has 0 spiro atoms. The van der Waals surface area contributed by atoms with Crippen molar-refractivity contribution in [3.05, 3.63) is 75.7 Å². The Labute approximate surface area is 144 Å². The van der Waals surface area contributed by atoms with Crippen LogP contribution in [0.4, 0.5) is 0 Å². The highest BCUT2D eigenvalue weighted by Crippen LogP contribution is 2.43. The predicted molar refractivity (Wildman–Crippen MR) is 93.5 cm³/mol. The van der Waals surface area contributed by atoms with E-state index < -0.39 is 0 Å². The minimum absolute atomic E-state index is 0.0381. The van der Waals surface area contributed by atoms with E-state index in [1.807, 2.05) is 60.8 Å². The van der Waals surface area contributed by atoms with Gasteiger partial charge in [-0.3, -0.25) is 4.79 Å². The molecule has 2 heterocycles. The van der Waals surface area contributed by atoms with Gasteiger partial charge in [-0.25, -0.2) is 4.98 Å². The van der Waals surface area contributed by atoms with Crippen LogP contribution in [0.25, 0.3) is 0 Å². The number of aromatic nitrogens is 1. The van der Waals surface area contributed by atoms with Crippen LogP contribution in [0, 0.1) is 6.92 Å². The van der Waals surface area contributed by atoms with Crippen molar-refractivity contribution < 1.29 is 9.53 Å². The van der Waals surface area contributed by atoms with Crippen molar-refractivity contribution in [1.29, 1.82) is 0 Å². The number of nitrogens with one attached hydrogen (secondary N) is 1. The van der Waals surface area contributed by atoms with Crippen LogP contribution >= 0.6 is 11.3 Å². The summed E-state index contributed by atoms with van der Waals surface area (Å²) in [5.74, 6) is 1.07. The third-order valence-electron chi connectivity index (χ3n) is 4.05. The summed E-state index contributed by atoms with van der Waals surface area (Å²) in [6.45, 7) is 2.39. The smallest absolute Gasteiger partial charge is 0.232 e. The molecule has 1 N–H and O–H groups in total. The van der Waals surface area contributed by atoms with Gasteiger partial charge in [0.1, 0.15) is 11.5 Å². The molecule has 5 heteroatoms. The molecule has 3 aromatic rings. The molecular formula is C19H16N2O2S. The fraction of sp³-hybridized carbons (Fsp3) is 0.158. The first-order chi connectivity index (χ1) is 11.7. The topological polar surface area (TPSA) is 51.2 Å². The number of carbonyl (C=O) groups excluding carboxylic acids is 1. The second-order valence-corrected chi connectivity index (χ2v) is 6.75. The third kappa shape index (κ3) is 2.67. The summed E-state index contributed by atoms with van der Waals surface area (Å²) in [7, 11) is 0. The molecule has 0 unspecified atom stereocenters. The van der Waals surface area contributed by atoms with E-state index in [0.717, 1.165) is 33.3 Å². The van der Waals surface area contributed by atoms with E-state index in [0.29, 0.717) is 6.54 Å². The molecule has 2 aromatic carbocycles. The van der Waals surface area contributed by atoms with Crippen LogP contribution in [-0.4, -0.2) is 10.9 Å². The molecule has 0 saturated heterocycles. The first-order valence-electron chi connectivity index (χ1n) is 7.77. The van der Waals surface area contributed by atoms with Gasteiger partial charge in [-0.05, 0) is 19.1 Å². The first kappa shape index (κ1) is 14.9. The van der Waals surface area contributed by atoms with E-state index in [1.54, 1.807) is 11.3 Å². The van der Waals surface area contributed by atoms with Crippen LogP contribution in [0.2, 0.25) is 0 Å². The molecule has 0 radical (unpaired) electrons. The lowest BCUT2D eigenvalue weighted by molar-refractivity contribution is -0.122. The van der Waals surface area contributed by atoms with Crippen LogP contribution in [0.5, 0.6) is 11.5 Å². The second kappa shape index (κ2) is 6.09. The molecule has 0 atom stereocenters. The molecule has 24 heavy (non-hydrogen) atoms. The van der Waals surface area contributed by atoms with Crippen LogP contribution in [0.1, 0.15) is 27.7 Å². The largest absolute Gasteiger partial charge is 0.457 e. The number of rotatable bonds is 3. The predicted octanol–water partition coefficient (Wildman–Crippen LogP) is 4.01. The summed E-state index contributed by atoms with van der Waals surface area (Å²) in [5.41, 5.74) is 2.67. The summed E-state index contributed by atoms with van der Waals surface area (Å²) in [6, 6.07) is 15.4. The van der Waals surface area contributed by atoms with Gasteiger partial charge in [0.2, 0.25) is 5.91 Å². The Morgan fingerprint density at radius 2 is 1.75 bits per heavy atom. The number of hydrogen-bond acceptors (Lipinski definition) is 4. The Balaban J connectivity index is 1.65. The maximum Gasteiger partial charge on any atom is 0.232 e. The van der Waals surface area contributed by atoms with Crippen molar-refractivity contribution in [1.82, 2.24) is 10.3 Å². The monoisotopic (exact) mass is 336 g/mol. The lowest BCUT2D eigenvalue weighted by atomic mass is 9.87. The van der Waals surface area contributed by atoms with E-state index >= 15 is 0 Å². The van der Waals surface area contributed by atoms with E-state index in [9.17, 15) is 4.79 Å². The molecule has 120 valence electrons. The minimum atomic E-state index is -0.370. The van der Waals surface area contributed by atoms with Gasteiger partial charge in [0.05, 0.1) is 23.2 Å². The van der Waals surface area contributed by atoms with Gasteiger partial charge in [-0.2, -0.15) is 0 Å². The number of carbonyl (C=O) groups is 1. The van der Waals surface area contributed by atoms with Crippen molar-refractivity contribution >= 4 is 17.2 Å². The van der Waals surface area contributed by atoms with Gasteiger partial charge in [0, 0.05) is 16.5 Å². The summed E-state index contributed by atoms with van der Waals surface area (Å²) < 4.78 is 5.93. The molecule has 0 saturated carbocycles. The number of para-hydroxylation sites is 2. The van der Waals surface area contributed by atoms with Crippen molar-refractivity contribution in [3.63, 3.8) is 0 Å². The first-order valence-corrected chi connectivity index (χ1v) is 8.65. The maximum absolute atomic E-state index is 12.9. The van der Waals surface area contributed by atoms with Crippen molar-refractivity contribution in [3.8, 4) is 11.5 Å². The summed E-state index contributed by atoms with van der Waals surface area (Å²) in [5, 5.41) is 5.99. The van der Waals surface area contributed by atoms with Gasteiger partial charge in [-0.1, -0.05) is 36.4 Å². The highest BCUT2D eigenvalue weighted by atomic mass is 32.1. The van der Waals surface area contributed by atoms with Crippen molar-refractivity contribution in [2.45, 2.75) is 19.4 Å².